The monoisotopic (exact) mass is 418 g/mol. The van der Waals surface area contributed by atoms with Crippen molar-refractivity contribution in [3.05, 3.63) is 95.0 Å². The van der Waals surface area contributed by atoms with E-state index in [2.05, 4.69) is 31.2 Å². The largest absolute Gasteiger partial charge is 0.497 e. The third kappa shape index (κ3) is 14.2. The summed E-state index contributed by atoms with van der Waals surface area (Å²) in [6, 6.07) is 25.7. The van der Waals surface area contributed by atoms with Crippen molar-refractivity contribution in [3.63, 3.8) is 0 Å². The Morgan fingerprint density at radius 3 is 1.55 bits per heavy atom. The average Bonchev–Trinajstić information content (AvgIpc) is 2.69. The van der Waals surface area contributed by atoms with E-state index in [1.54, 1.807) is 20.3 Å². The van der Waals surface area contributed by atoms with Gasteiger partial charge in [0.05, 0.1) is 14.2 Å². The van der Waals surface area contributed by atoms with Crippen molar-refractivity contribution < 1.29 is 9.47 Å². The second-order valence-corrected chi connectivity index (χ2v) is 5.96. The Bertz CT molecular complexity index is 697. The Labute approximate surface area is 184 Å². The van der Waals surface area contributed by atoms with Gasteiger partial charge in [0.15, 0.2) is 0 Å². The fraction of sp³-hybridized carbons (Fsp3) is 0.308. The fourth-order valence-electron chi connectivity index (χ4n) is 2.05. The minimum absolute atomic E-state index is 0. The molecule has 2 nitrogen and oxygen atoms in total. The van der Waals surface area contributed by atoms with E-state index in [9.17, 15) is 0 Å². The van der Waals surface area contributed by atoms with E-state index < -0.39 is 0 Å². The topological polar surface area (TPSA) is 18.5 Å². The van der Waals surface area contributed by atoms with E-state index in [4.69, 9.17) is 21.1 Å². The van der Waals surface area contributed by atoms with Crippen molar-refractivity contribution in [3.8, 4) is 11.5 Å². The van der Waals surface area contributed by atoms with Crippen LogP contribution in [0.2, 0.25) is 5.02 Å². The van der Waals surface area contributed by atoms with Crippen molar-refractivity contribution in [2.24, 2.45) is 0 Å². The molecule has 3 rings (SSSR count). The van der Waals surface area contributed by atoms with Crippen molar-refractivity contribution in [2.75, 3.05) is 14.2 Å². The van der Waals surface area contributed by atoms with Crippen LogP contribution >= 0.6 is 11.6 Å². The first-order valence-electron chi connectivity index (χ1n) is 8.53. The van der Waals surface area contributed by atoms with Gasteiger partial charge in [-0.2, -0.15) is 0 Å². The van der Waals surface area contributed by atoms with Gasteiger partial charge in [-0.25, -0.2) is 0 Å². The Hall–Kier alpha value is -2.45. The third-order valence-electron chi connectivity index (χ3n) is 3.51. The van der Waals surface area contributed by atoms with Crippen LogP contribution in [-0.4, -0.2) is 14.2 Å². The minimum atomic E-state index is 0. The first kappa shape index (κ1) is 31.3. The fourth-order valence-corrected chi connectivity index (χ4v) is 2.23. The van der Waals surface area contributed by atoms with E-state index in [1.165, 1.54) is 11.1 Å². The maximum Gasteiger partial charge on any atom is 0.120 e. The van der Waals surface area contributed by atoms with Crippen LogP contribution in [0.5, 0.6) is 11.5 Å². The van der Waals surface area contributed by atoms with Gasteiger partial charge in [-0.1, -0.05) is 89.3 Å². The van der Waals surface area contributed by atoms with Crippen molar-refractivity contribution in [2.45, 2.75) is 42.5 Å². The molecule has 0 spiro atoms. The Morgan fingerprint density at radius 1 is 0.690 bits per heavy atom. The molecule has 3 aromatic rings. The first-order chi connectivity index (χ1) is 12.6. The van der Waals surface area contributed by atoms with Gasteiger partial charge in [-0.15, -0.1) is 0 Å². The van der Waals surface area contributed by atoms with Crippen LogP contribution in [0.3, 0.4) is 0 Å². The molecule has 0 heterocycles. The lowest BCUT2D eigenvalue weighted by atomic mass is 10.2. The molecule has 0 amide bonds. The van der Waals surface area contributed by atoms with Crippen LogP contribution in [0.4, 0.5) is 0 Å². The molecule has 3 aromatic carbocycles. The SMILES string of the molecule is C.C.C.CCc1ccccc1.COc1cccc(C)c1.COc1cccc(Cl)c1. The lowest BCUT2D eigenvalue weighted by Crippen LogP contribution is -1.81. The number of hydrogen-bond acceptors (Lipinski definition) is 2. The second-order valence-electron chi connectivity index (χ2n) is 5.52. The highest BCUT2D eigenvalue weighted by atomic mass is 35.5. The molecule has 0 saturated carbocycles. The van der Waals surface area contributed by atoms with Crippen molar-refractivity contribution in [1.82, 2.24) is 0 Å². The maximum atomic E-state index is 5.64. The number of methoxy groups -OCH3 is 2. The molecule has 0 atom stereocenters. The zero-order valence-corrected chi connectivity index (χ0v) is 16.7. The van der Waals surface area contributed by atoms with Crippen LogP contribution in [0.1, 0.15) is 40.3 Å². The number of hydrogen-bond donors (Lipinski definition) is 0. The van der Waals surface area contributed by atoms with E-state index in [0.29, 0.717) is 5.02 Å². The van der Waals surface area contributed by atoms with Crippen LogP contribution in [-0.2, 0) is 6.42 Å². The van der Waals surface area contributed by atoms with Crippen LogP contribution in [0.25, 0.3) is 0 Å². The van der Waals surface area contributed by atoms with Gasteiger partial charge in [0.25, 0.3) is 0 Å². The summed E-state index contributed by atoms with van der Waals surface area (Å²) in [5.41, 5.74) is 2.64. The lowest BCUT2D eigenvalue weighted by molar-refractivity contribution is 0.414. The summed E-state index contributed by atoms with van der Waals surface area (Å²) >= 11 is 5.64. The third-order valence-corrected chi connectivity index (χ3v) is 3.74. The van der Waals surface area contributed by atoms with E-state index >= 15 is 0 Å². The second kappa shape index (κ2) is 18.9. The van der Waals surface area contributed by atoms with Crippen LogP contribution < -0.4 is 9.47 Å². The standard InChI is InChI=1S/C8H10O.C8H10.C7H7ClO.3CH4/c1-7-4-3-5-8(6-7)9-2;1-2-8-6-4-3-5-7-8;1-9-7-4-2-3-6(8)5-7;;;/h3-6H,1-2H3;3-7H,2H2,1H3;2-5H,1H3;3*1H4. The molecule has 0 bridgehead atoms. The molecule has 0 aliphatic carbocycles. The molecule has 0 radical (unpaired) electrons. The molecule has 29 heavy (non-hydrogen) atoms. The van der Waals surface area contributed by atoms with E-state index in [1.807, 2.05) is 55.5 Å². The normalized spacial score (nSPS) is 8.17. The number of halogens is 1. The minimum Gasteiger partial charge on any atom is -0.497 e. The molecular weight excluding hydrogens is 380 g/mol. The zero-order valence-electron chi connectivity index (χ0n) is 15.9. The summed E-state index contributed by atoms with van der Waals surface area (Å²) in [7, 11) is 3.29. The Morgan fingerprint density at radius 2 is 1.21 bits per heavy atom. The number of aryl methyl sites for hydroxylation is 2. The highest BCUT2D eigenvalue weighted by Gasteiger charge is 1.88. The van der Waals surface area contributed by atoms with Crippen molar-refractivity contribution >= 4 is 11.6 Å². The van der Waals surface area contributed by atoms with Crippen LogP contribution in [0, 0.1) is 6.92 Å². The summed E-state index contributed by atoms with van der Waals surface area (Å²) < 4.78 is 9.91. The smallest absolute Gasteiger partial charge is 0.120 e. The zero-order chi connectivity index (χ0) is 19.2. The lowest BCUT2D eigenvalue weighted by Gasteiger charge is -1.97. The first-order valence-corrected chi connectivity index (χ1v) is 8.91. The van der Waals surface area contributed by atoms with Gasteiger partial charge in [-0.3, -0.25) is 0 Å². The van der Waals surface area contributed by atoms with Gasteiger partial charge in [0, 0.05) is 5.02 Å². The summed E-state index contributed by atoms with van der Waals surface area (Å²) in [6.07, 6.45) is 1.14. The summed E-state index contributed by atoms with van der Waals surface area (Å²) in [5.74, 6) is 1.72. The predicted molar refractivity (Wildman–Crippen MR) is 132 cm³/mol. The summed E-state index contributed by atoms with van der Waals surface area (Å²) in [5, 5.41) is 0.703. The molecule has 0 aromatic heterocycles. The number of ether oxygens (including phenoxy) is 2. The summed E-state index contributed by atoms with van der Waals surface area (Å²) in [6.45, 7) is 4.21. The van der Waals surface area contributed by atoms with Gasteiger partial charge in [0.1, 0.15) is 11.5 Å². The number of rotatable bonds is 3. The molecule has 0 aliphatic heterocycles. The molecule has 0 N–H and O–H groups in total. The molecule has 0 fully saturated rings. The Balaban J connectivity index is -0.000000333. The number of benzene rings is 3. The molecule has 0 saturated heterocycles. The molecule has 162 valence electrons. The van der Waals surface area contributed by atoms with Gasteiger partial charge >= 0.3 is 0 Å². The molecule has 0 unspecified atom stereocenters. The van der Waals surface area contributed by atoms with Gasteiger partial charge < -0.3 is 9.47 Å². The van der Waals surface area contributed by atoms with Gasteiger partial charge in [0.2, 0.25) is 0 Å². The highest BCUT2D eigenvalue weighted by Crippen LogP contribution is 2.15. The van der Waals surface area contributed by atoms with Crippen LogP contribution in [0.15, 0.2) is 78.9 Å². The molecule has 3 heteroatoms. The Kier molecular flexibility index (Phi) is 20.4. The average molecular weight is 419 g/mol. The molecular formula is C26H39ClO2. The van der Waals surface area contributed by atoms with E-state index in [-0.39, 0.29) is 22.3 Å². The van der Waals surface area contributed by atoms with Crippen molar-refractivity contribution in [1.29, 1.82) is 0 Å². The highest BCUT2D eigenvalue weighted by molar-refractivity contribution is 6.30. The van der Waals surface area contributed by atoms with Gasteiger partial charge in [-0.05, 0) is 54.8 Å². The summed E-state index contributed by atoms with van der Waals surface area (Å²) in [4.78, 5) is 0. The molecule has 0 aliphatic rings. The van der Waals surface area contributed by atoms with E-state index in [0.717, 1.165) is 17.9 Å². The quantitative estimate of drug-likeness (QED) is 0.424. The predicted octanol–water partition coefficient (Wildman–Crippen LogP) is 8.51. The maximum absolute atomic E-state index is 5.64.